The molecular formula is C12H14FNO4. The van der Waals surface area contributed by atoms with Gasteiger partial charge in [0.1, 0.15) is 5.78 Å². The summed E-state index contributed by atoms with van der Waals surface area (Å²) < 4.78 is 13.8. The average Bonchev–Trinajstić information content (AvgIpc) is 2.30. The minimum absolute atomic E-state index is 0.0589. The number of nitro groups is 1. The van der Waals surface area contributed by atoms with E-state index in [0.717, 1.165) is 6.07 Å². The lowest BCUT2D eigenvalue weighted by molar-refractivity contribution is -0.387. The van der Waals surface area contributed by atoms with E-state index in [4.69, 9.17) is 5.11 Å². The van der Waals surface area contributed by atoms with Gasteiger partial charge in [0.25, 0.3) is 0 Å². The summed E-state index contributed by atoms with van der Waals surface area (Å²) in [6, 6.07) is 3.87. The van der Waals surface area contributed by atoms with Gasteiger partial charge >= 0.3 is 5.69 Å². The minimum Gasteiger partial charge on any atom is -0.396 e. The Hall–Kier alpha value is -1.82. The van der Waals surface area contributed by atoms with Crippen molar-refractivity contribution in [3.05, 3.63) is 39.7 Å². The van der Waals surface area contributed by atoms with Crippen molar-refractivity contribution in [2.75, 3.05) is 6.61 Å². The Morgan fingerprint density at radius 3 is 2.72 bits per heavy atom. The van der Waals surface area contributed by atoms with E-state index in [1.54, 1.807) is 0 Å². The van der Waals surface area contributed by atoms with Gasteiger partial charge in [0.05, 0.1) is 4.92 Å². The number of hydrogen-bond acceptors (Lipinski definition) is 4. The Morgan fingerprint density at radius 1 is 1.56 bits per heavy atom. The molecule has 0 aliphatic heterocycles. The molecule has 1 aromatic rings. The molecule has 1 atom stereocenters. The Labute approximate surface area is 103 Å². The molecule has 0 aliphatic carbocycles. The fourth-order valence-corrected chi connectivity index (χ4v) is 1.74. The van der Waals surface area contributed by atoms with Gasteiger partial charge in [0.15, 0.2) is 0 Å². The van der Waals surface area contributed by atoms with Crippen molar-refractivity contribution in [1.82, 2.24) is 0 Å². The Bertz CT molecular complexity index is 461. The number of halogens is 1. The largest absolute Gasteiger partial charge is 0.396 e. The van der Waals surface area contributed by atoms with E-state index in [-0.39, 0.29) is 30.8 Å². The number of benzene rings is 1. The summed E-state index contributed by atoms with van der Waals surface area (Å²) in [5.74, 6) is -1.60. The number of hydrogen-bond donors (Lipinski definition) is 1. The lowest BCUT2D eigenvalue weighted by Gasteiger charge is -2.12. The molecule has 0 heterocycles. The molecule has 0 amide bonds. The van der Waals surface area contributed by atoms with Crippen LogP contribution < -0.4 is 0 Å². The highest BCUT2D eigenvalue weighted by atomic mass is 19.1. The van der Waals surface area contributed by atoms with Crippen molar-refractivity contribution in [2.45, 2.75) is 19.8 Å². The van der Waals surface area contributed by atoms with Crippen LogP contribution in [0.15, 0.2) is 18.2 Å². The zero-order valence-corrected chi connectivity index (χ0v) is 9.93. The lowest BCUT2D eigenvalue weighted by atomic mass is 9.93. The van der Waals surface area contributed by atoms with Crippen LogP contribution in [0.5, 0.6) is 0 Å². The molecule has 0 spiro atoms. The van der Waals surface area contributed by atoms with Gasteiger partial charge in [0.2, 0.25) is 5.82 Å². The number of nitrogens with zero attached hydrogens (tertiary/aromatic N) is 1. The predicted molar refractivity (Wildman–Crippen MR) is 62.6 cm³/mol. The van der Waals surface area contributed by atoms with Crippen LogP contribution in [0.2, 0.25) is 0 Å². The standard InChI is InChI=1S/C12H14FNO4/c1-8(16)9(5-6-15)7-10-3-2-4-11(12(10)13)14(17)18/h2-4,9,15H,5-7H2,1H3. The van der Waals surface area contributed by atoms with E-state index in [2.05, 4.69) is 0 Å². The second-order valence-corrected chi connectivity index (χ2v) is 4.03. The lowest BCUT2D eigenvalue weighted by Crippen LogP contribution is -2.16. The predicted octanol–water partition coefficient (Wildman–Crippen LogP) is 1.86. The minimum atomic E-state index is -0.910. The van der Waals surface area contributed by atoms with Gasteiger partial charge < -0.3 is 5.11 Å². The molecule has 0 saturated carbocycles. The van der Waals surface area contributed by atoms with Crippen LogP contribution >= 0.6 is 0 Å². The molecule has 0 bridgehead atoms. The molecule has 0 saturated heterocycles. The molecule has 6 heteroatoms. The van der Waals surface area contributed by atoms with Gasteiger partial charge in [0, 0.05) is 18.6 Å². The van der Waals surface area contributed by atoms with E-state index in [9.17, 15) is 19.3 Å². The highest BCUT2D eigenvalue weighted by Crippen LogP contribution is 2.23. The molecule has 1 N–H and O–H groups in total. The van der Waals surface area contributed by atoms with Crippen LogP contribution in [-0.4, -0.2) is 22.4 Å². The van der Waals surface area contributed by atoms with Gasteiger partial charge in [-0.15, -0.1) is 0 Å². The third kappa shape index (κ3) is 3.33. The van der Waals surface area contributed by atoms with Gasteiger partial charge in [-0.2, -0.15) is 4.39 Å². The Balaban J connectivity index is 2.99. The zero-order valence-electron chi connectivity index (χ0n) is 9.93. The van der Waals surface area contributed by atoms with E-state index in [1.807, 2.05) is 0 Å². The van der Waals surface area contributed by atoms with E-state index < -0.39 is 22.3 Å². The first-order valence-electron chi connectivity index (χ1n) is 5.50. The summed E-state index contributed by atoms with van der Waals surface area (Å²) in [6.45, 7) is 1.18. The first-order chi connectivity index (χ1) is 8.47. The van der Waals surface area contributed by atoms with Gasteiger partial charge in [-0.1, -0.05) is 12.1 Å². The van der Waals surface area contributed by atoms with Crippen molar-refractivity contribution in [1.29, 1.82) is 0 Å². The number of nitro benzene ring substituents is 1. The van der Waals surface area contributed by atoms with Crippen LogP contribution in [0.3, 0.4) is 0 Å². The van der Waals surface area contributed by atoms with Gasteiger partial charge in [-0.3, -0.25) is 14.9 Å². The summed E-state index contributed by atoms with van der Waals surface area (Å²) in [6.07, 6.45) is 0.279. The number of carbonyl (C=O) groups excluding carboxylic acids is 1. The van der Waals surface area contributed by atoms with Crippen molar-refractivity contribution in [3.8, 4) is 0 Å². The molecule has 1 rings (SSSR count). The second-order valence-electron chi connectivity index (χ2n) is 4.03. The van der Waals surface area contributed by atoms with Crippen LogP contribution in [-0.2, 0) is 11.2 Å². The molecule has 0 aromatic heterocycles. The number of aliphatic hydroxyl groups is 1. The van der Waals surface area contributed by atoms with Crippen molar-refractivity contribution < 1.29 is 19.2 Å². The quantitative estimate of drug-likeness (QED) is 0.621. The normalized spacial score (nSPS) is 12.2. The summed E-state index contributed by atoms with van der Waals surface area (Å²) >= 11 is 0. The topological polar surface area (TPSA) is 80.4 Å². The average molecular weight is 255 g/mol. The molecule has 0 aliphatic rings. The number of Topliss-reactive ketones (excluding diaryl/α,β-unsaturated/α-hetero) is 1. The molecular weight excluding hydrogens is 241 g/mol. The van der Waals surface area contributed by atoms with Gasteiger partial charge in [-0.25, -0.2) is 0 Å². The monoisotopic (exact) mass is 255 g/mol. The van der Waals surface area contributed by atoms with E-state index in [0.29, 0.717) is 0 Å². The SMILES string of the molecule is CC(=O)C(CCO)Cc1cccc([N+](=O)[O-])c1F. The molecule has 0 fully saturated rings. The van der Waals surface area contributed by atoms with Crippen molar-refractivity contribution >= 4 is 11.5 Å². The van der Waals surface area contributed by atoms with E-state index in [1.165, 1.54) is 19.1 Å². The maximum Gasteiger partial charge on any atom is 0.305 e. The molecule has 1 unspecified atom stereocenters. The smallest absolute Gasteiger partial charge is 0.305 e. The Morgan fingerprint density at radius 2 is 2.22 bits per heavy atom. The van der Waals surface area contributed by atoms with Crippen LogP contribution in [0, 0.1) is 21.8 Å². The van der Waals surface area contributed by atoms with Crippen LogP contribution in [0.4, 0.5) is 10.1 Å². The summed E-state index contributed by atoms with van der Waals surface area (Å²) in [4.78, 5) is 21.1. The fourth-order valence-electron chi connectivity index (χ4n) is 1.74. The summed E-state index contributed by atoms with van der Waals surface area (Å²) in [5, 5.41) is 19.4. The number of rotatable bonds is 6. The Kier molecular flexibility index (Phi) is 4.91. The third-order valence-corrected chi connectivity index (χ3v) is 2.77. The zero-order chi connectivity index (χ0) is 13.7. The summed E-state index contributed by atoms with van der Waals surface area (Å²) in [5.41, 5.74) is -0.475. The molecule has 5 nitrogen and oxygen atoms in total. The highest BCUT2D eigenvalue weighted by molar-refractivity contribution is 5.78. The molecule has 1 aromatic carbocycles. The van der Waals surface area contributed by atoms with Crippen LogP contribution in [0.1, 0.15) is 18.9 Å². The third-order valence-electron chi connectivity index (χ3n) is 2.77. The summed E-state index contributed by atoms with van der Waals surface area (Å²) in [7, 11) is 0. The number of carbonyl (C=O) groups is 1. The van der Waals surface area contributed by atoms with Crippen molar-refractivity contribution in [3.63, 3.8) is 0 Å². The van der Waals surface area contributed by atoms with Crippen molar-refractivity contribution in [2.24, 2.45) is 5.92 Å². The number of aliphatic hydroxyl groups excluding tert-OH is 1. The fraction of sp³-hybridized carbons (Fsp3) is 0.417. The van der Waals surface area contributed by atoms with E-state index >= 15 is 0 Å². The highest BCUT2D eigenvalue weighted by Gasteiger charge is 2.21. The van der Waals surface area contributed by atoms with Crippen LogP contribution in [0.25, 0.3) is 0 Å². The number of ketones is 1. The maximum absolute atomic E-state index is 13.8. The first-order valence-corrected chi connectivity index (χ1v) is 5.50. The van der Waals surface area contributed by atoms with Gasteiger partial charge in [-0.05, 0) is 25.3 Å². The molecule has 98 valence electrons. The molecule has 0 radical (unpaired) electrons. The second kappa shape index (κ2) is 6.20. The molecule has 18 heavy (non-hydrogen) atoms. The first kappa shape index (κ1) is 14.2. The maximum atomic E-state index is 13.8.